The van der Waals surface area contributed by atoms with Gasteiger partial charge in [0.2, 0.25) is 0 Å². The van der Waals surface area contributed by atoms with E-state index in [0.29, 0.717) is 19.7 Å². The van der Waals surface area contributed by atoms with E-state index in [1.54, 1.807) is 18.0 Å². The van der Waals surface area contributed by atoms with E-state index in [4.69, 9.17) is 9.47 Å². The van der Waals surface area contributed by atoms with Gasteiger partial charge in [-0.3, -0.25) is 0 Å². The van der Waals surface area contributed by atoms with E-state index in [9.17, 15) is 14.9 Å². The van der Waals surface area contributed by atoms with Crippen molar-refractivity contribution >= 4 is 17.6 Å². The van der Waals surface area contributed by atoms with Crippen molar-refractivity contribution in [1.29, 1.82) is 0 Å². The summed E-state index contributed by atoms with van der Waals surface area (Å²) in [5.41, 5.74) is -0.412. The minimum Gasteiger partial charge on any atom is -0.444 e. The van der Waals surface area contributed by atoms with Crippen molar-refractivity contribution in [2.75, 3.05) is 31.6 Å². The lowest BCUT2D eigenvalue weighted by atomic mass is 9.94. The van der Waals surface area contributed by atoms with Gasteiger partial charge >= 0.3 is 11.9 Å². The van der Waals surface area contributed by atoms with Crippen molar-refractivity contribution in [2.45, 2.75) is 51.9 Å². The number of amides is 1. The van der Waals surface area contributed by atoms with E-state index < -0.39 is 22.2 Å². The number of aromatic nitrogens is 1. The number of ether oxygens (including phenoxy) is 2. The van der Waals surface area contributed by atoms with E-state index in [0.717, 1.165) is 5.69 Å². The predicted molar refractivity (Wildman–Crippen MR) is 101 cm³/mol. The summed E-state index contributed by atoms with van der Waals surface area (Å²) in [6, 6.07) is 3.07. The van der Waals surface area contributed by atoms with Gasteiger partial charge in [-0.2, -0.15) is 0 Å². The molecule has 2 rings (SSSR count). The van der Waals surface area contributed by atoms with Gasteiger partial charge in [0.25, 0.3) is 0 Å². The van der Waals surface area contributed by atoms with Gasteiger partial charge in [0, 0.05) is 26.2 Å². The number of hydrogen-bond donors (Lipinski definition) is 0. The Morgan fingerprint density at radius 1 is 1.37 bits per heavy atom. The molecule has 9 heteroatoms. The average Bonchev–Trinajstić information content (AvgIpc) is 2.59. The summed E-state index contributed by atoms with van der Waals surface area (Å²) in [6.45, 7) is 11.0. The Kier molecular flexibility index (Phi) is 5.94. The van der Waals surface area contributed by atoms with Crippen LogP contribution in [0.3, 0.4) is 0 Å². The lowest BCUT2D eigenvalue weighted by molar-refractivity contribution is -0.389. The molecule has 1 fully saturated rings. The van der Waals surface area contributed by atoms with E-state index in [2.05, 4.69) is 9.88 Å². The minimum atomic E-state index is -0.616. The van der Waals surface area contributed by atoms with Crippen LogP contribution in [0.25, 0.3) is 0 Å². The molecule has 0 N–H and O–H groups in total. The molecule has 1 unspecified atom stereocenters. The Hall–Kier alpha value is -2.42. The number of pyridine rings is 1. The van der Waals surface area contributed by atoms with Crippen LogP contribution < -0.4 is 4.90 Å². The number of nitro groups is 1. The third-order valence-electron chi connectivity index (χ3n) is 4.67. The molecule has 0 bridgehead atoms. The second kappa shape index (κ2) is 7.67. The number of carbonyl (C=O) groups is 1. The van der Waals surface area contributed by atoms with Crippen LogP contribution in [0.15, 0.2) is 18.3 Å². The van der Waals surface area contributed by atoms with Crippen molar-refractivity contribution in [3.05, 3.63) is 28.4 Å². The average molecular weight is 380 g/mol. The molecule has 9 nitrogen and oxygen atoms in total. The molecule has 0 radical (unpaired) electrons. The molecule has 1 atom stereocenters. The molecule has 1 saturated heterocycles. The van der Waals surface area contributed by atoms with Gasteiger partial charge in [-0.15, -0.1) is 0 Å². The van der Waals surface area contributed by atoms with Gasteiger partial charge in [-0.05, 0) is 50.6 Å². The summed E-state index contributed by atoms with van der Waals surface area (Å²) in [5, 5.41) is 10.8. The molecule has 1 aromatic heterocycles. The Labute approximate surface area is 159 Å². The minimum absolute atomic E-state index is 0.187. The van der Waals surface area contributed by atoms with Gasteiger partial charge in [-0.1, -0.05) is 0 Å². The molecule has 27 heavy (non-hydrogen) atoms. The first-order valence-electron chi connectivity index (χ1n) is 8.85. The third-order valence-corrected chi connectivity index (χ3v) is 4.67. The molecule has 1 aromatic rings. The zero-order chi connectivity index (χ0) is 20.4. The first kappa shape index (κ1) is 20.9. The monoisotopic (exact) mass is 380 g/mol. The second-order valence-electron chi connectivity index (χ2n) is 8.13. The number of morpholine rings is 1. The van der Waals surface area contributed by atoms with E-state index >= 15 is 0 Å². The predicted octanol–water partition coefficient (Wildman–Crippen LogP) is 2.84. The van der Waals surface area contributed by atoms with Crippen LogP contribution in [0.5, 0.6) is 0 Å². The zero-order valence-corrected chi connectivity index (χ0v) is 16.8. The highest BCUT2D eigenvalue weighted by Crippen LogP contribution is 2.28. The van der Waals surface area contributed by atoms with Crippen LogP contribution in [-0.2, 0) is 9.47 Å². The molecular weight excluding hydrogens is 352 g/mol. The number of anilines is 1. The Morgan fingerprint density at radius 2 is 2.04 bits per heavy atom. The molecule has 0 saturated carbocycles. The Balaban J connectivity index is 2.11. The maximum absolute atomic E-state index is 12.5. The largest absolute Gasteiger partial charge is 0.444 e. The van der Waals surface area contributed by atoms with Gasteiger partial charge in [0.1, 0.15) is 5.60 Å². The van der Waals surface area contributed by atoms with E-state index in [1.165, 1.54) is 12.3 Å². The van der Waals surface area contributed by atoms with Crippen molar-refractivity contribution < 1.29 is 19.2 Å². The molecule has 2 heterocycles. The molecule has 0 aliphatic carbocycles. The van der Waals surface area contributed by atoms with Crippen molar-refractivity contribution in [3.8, 4) is 0 Å². The maximum Gasteiger partial charge on any atom is 0.410 e. The molecular formula is C18H28N4O5. The molecule has 1 aliphatic heterocycles. The molecule has 150 valence electrons. The van der Waals surface area contributed by atoms with Crippen molar-refractivity contribution in [2.24, 2.45) is 0 Å². The zero-order valence-electron chi connectivity index (χ0n) is 16.8. The SMILES string of the molecule is CN(C(=O)OC(C)(C)C)C(C)(C)C1CN(c2ccc([N+](=O)[O-])nc2)CCO1. The van der Waals surface area contributed by atoms with Crippen LogP contribution in [0.4, 0.5) is 16.3 Å². The molecule has 0 aromatic carbocycles. The highest BCUT2D eigenvalue weighted by molar-refractivity contribution is 5.69. The fourth-order valence-electron chi connectivity index (χ4n) is 2.77. The number of nitrogens with zero attached hydrogens (tertiary/aromatic N) is 4. The fraction of sp³-hybridized carbons (Fsp3) is 0.667. The summed E-state index contributed by atoms with van der Waals surface area (Å²) in [6.07, 6.45) is 0.814. The molecule has 1 aliphatic rings. The smallest absolute Gasteiger partial charge is 0.410 e. The molecule has 0 spiro atoms. The van der Waals surface area contributed by atoms with Gasteiger partial charge in [-0.25, -0.2) is 4.79 Å². The van der Waals surface area contributed by atoms with E-state index in [-0.39, 0.29) is 11.9 Å². The first-order valence-corrected chi connectivity index (χ1v) is 8.85. The normalized spacial score (nSPS) is 18.1. The summed E-state index contributed by atoms with van der Waals surface area (Å²) < 4.78 is 11.4. The fourth-order valence-corrected chi connectivity index (χ4v) is 2.77. The highest BCUT2D eigenvalue weighted by Gasteiger charge is 2.41. The lowest BCUT2D eigenvalue weighted by Crippen LogP contribution is -2.60. The number of rotatable bonds is 4. The highest BCUT2D eigenvalue weighted by atomic mass is 16.6. The van der Waals surface area contributed by atoms with Crippen LogP contribution in [0.2, 0.25) is 0 Å². The lowest BCUT2D eigenvalue weighted by Gasteiger charge is -2.46. The number of likely N-dealkylation sites (N-methyl/N-ethyl adjacent to an activating group) is 1. The van der Waals surface area contributed by atoms with Crippen LogP contribution in [0.1, 0.15) is 34.6 Å². The topological polar surface area (TPSA) is 98.0 Å². The van der Waals surface area contributed by atoms with Crippen molar-refractivity contribution in [1.82, 2.24) is 9.88 Å². The summed E-state index contributed by atoms with van der Waals surface area (Å²) in [5.74, 6) is -0.187. The van der Waals surface area contributed by atoms with E-state index in [1.807, 2.05) is 34.6 Å². The van der Waals surface area contributed by atoms with Crippen LogP contribution >= 0.6 is 0 Å². The summed E-state index contributed by atoms with van der Waals surface area (Å²) >= 11 is 0. The van der Waals surface area contributed by atoms with Crippen LogP contribution in [0, 0.1) is 10.1 Å². The first-order chi connectivity index (χ1) is 12.4. The van der Waals surface area contributed by atoms with Gasteiger partial charge < -0.3 is 29.4 Å². The Morgan fingerprint density at radius 3 is 2.56 bits per heavy atom. The maximum atomic E-state index is 12.5. The second-order valence-corrected chi connectivity index (χ2v) is 8.13. The third kappa shape index (κ3) is 5.06. The summed E-state index contributed by atoms with van der Waals surface area (Å²) in [4.78, 5) is 30.2. The number of hydrogen-bond acceptors (Lipinski definition) is 7. The van der Waals surface area contributed by atoms with Gasteiger partial charge in [0.15, 0.2) is 6.20 Å². The van der Waals surface area contributed by atoms with Crippen LogP contribution in [-0.4, -0.2) is 64.9 Å². The number of carbonyl (C=O) groups excluding carboxylic acids is 1. The van der Waals surface area contributed by atoms with Gasteiger partial charge in [0.05, 0.1) is 23.9 Å². The Bertz CT molecular complexity index is 684. The quantitative estimate of drug-likeness (QED) is 0.585. The van der Waals surface area contributed by atoms with Crippen molar-refractivity contribution in [3.63, 3.8) is 0 Å². The molecule has 1 amide bonds. The standard InChI is InChI=1S/C18H28N4O5/c1-17(2,3)27-16(23)20(6)18(4,5)14-12-21(9-10-26-14)13-7-8-15(19-11-13)22(24)25/h7-8,11,14H,9-10,12H2,1-6H3. The summed E-state index contributed by atoms with van der Waals surface area (Å²) in [7, 11) is 1.70.